The van der Waals surface area contributed by atoms with E-state index >= 15 is 0 Å². The number of rotatable bonds is 8. The molecule has 17 heavy (non-hydrogen) atoms. The SMILES string of the molecule is CCCCCCc1cccc(O)c1CCCC. The first-order valence-electron chi connectivity index (χ1n) is 7.09. The van der Waals surface area contributed by atoms with Gasteiger partial charge in [0.15, 0.2) is 0 Å². The molecule has 1 aromatic carbocycles. The van der Waals surface area contributed by atoms with Gasteiger partial charge in [-0.3, -0.25) is 0 Å². The average Bonchev–Trinajstić information content (AvgIpc) is 2.34. The van der Waals surface area contributed by atoms with Crippen molar-refractivity contribution < 1.29 is 5.11 Å². The fourth-order valence-corrected chi connectivity index (χ4v) is 2.24. The monoisotopic (exact) mass is 234 g/mol. The smallest absolute Gasteiger partial charge is 0.119 e. The first-order valence-corrected chi connectivity index (χ1v) is 7.09. The summed E-state index contributed by atoms with van der Waals surface area (Å²) in [6.45, 7) is 4.43. The highest BCUT2D eigenvalue weighted by molar-refractivity contribution is 5.39. The lowest BCUT2D eigenvalue weighted by atomic mass is 9.96. The number of hydrogen-bond acceptors (Lipinski definition) is 1. The fraction of sp³-hybridized carbons (Fsp3) is 0.625. The Bertz CT molecular complexity index is 317. The van der Waals surface area contributed by atoms with E-state index in [1.54, 1.807) is 0 Å². The number of aromatic hydroxyl groups is 1. The Kier molecular flexibility index (Phi) is 6.76. The molecule has 0 saturated heterocycles. The normalized spacial score (nSPS) is 10.7. The summed E-state index contributed by atoms with van der Waals surface area (Å²) in [5.41, 5.74) is 2.54. The summed E-state index contributed by atoms with van der Waals surface area (Å²) in [4.78, 5) is 0. The minimum atomic E-state index is 0.492. The molecule has 1 N–H and O–H groups in total. The summed E-state index contributed by atoms with van der Waals surface area (Å²) >= 11 is 0. The molecule has 0 aliphatic heterocycles. The second-order valence-electron chi connectivity index (χ2n) is 4.83. The molecule has 0 unspecified atom stereocenters. The molecule has 0 aliphatic carbocycles. The first-order chi connectivity index (χ1) is 8.29. The largest absolute Gasteiger partial charge is 0.508 e. The van der Waals surface area contributed by atoms with Crippen LogP contribution in [0.4, 0.5) is 0 Å². The van der Waals surface area contributed by atoms with Crippen LogP contribution in [0, 0.1) is 0 Å². The van der Waals surface area contributed by atoms with E-state index in [1.165, 1.54) is 49.7 Å². The Morgan fingerprint density at radius 3 is 2.35 bits per heavy atom. The molecule has 0 spiro atoms. The van der Waals surface area contributed by atoms with Gasteiger partial charge >= 0.3 is 0 Å². The predicted molar refractivity (Wildman–Crippen MR) is 74.6 cm³/mol. The van der Waals surface area contributed by atoms with E-state index in [-0.39, 0.29) is 0 Å². The van der Waals surface area contributed by atoms with Gasteiger partial charge in [0.2, 0.25) is 0 Å². The third-order valence-electron chi connectivity index (χ3n) is 3.33. The molecule has 0 heterocycles. The van der Waals surface area contributed by atoms with Crippen molar-refractivity contribution in [1.29, 1.82) is 0 Å². The summed E-state index contributed by atoms with van der Waals surface area (Å²) in [7, 11) is 0. The van der Waals surface area contributed by atoms with Crippen molar-refractivity contribution in [2.45, 2.75) is 65.2 Å². The highest BCUT2D eigenvalue weighted by Crippen LogP contribution is 2.24. The lowest BCUT2D eigenvalue weighted by molar-refractivity contribution is 0.465. The van der Waals surface area contributed by atoms with Gasteiger partial charge in [0, 0.05) is 0 Å². The first kappa shape index (κ1) is 14.1. The number of phenols is 1. The topological polar surface area (TPSA) is 20.2 Å². The van der Waals surface area contributed by atoms with Crippen molar-refractivity contribution in [3.63, 3.8) is 0 Å². The van der Waals surface area contributed by atoms with Crippen LogP contribution in [0.3, 0.4) is 0 Å². The van der Waals surface area contributed by atoms with Crippen LogP contribution >= 0.6 is 0 Å². The summed E-state index contributed by atoms with van der Waals surface area (Å²) in [6, 6.07) is 5.97. The minimum absolute atomic E-state index is 0.492. The molecular weight excluding hydrogens is 208 g/mol. The van der Waals surface area contributed by atoms with Gasteiger partial charge in [0.1, 0.15) is 5.75 Å². The second-order valence-corrected chi connectivity index (χ2v) is 4.83. The van der Waals surface area contributed by atoms with Gasteiger partial charge in [-0.25, -0.2) is 0 Å². The number of hydrogen-bond donors (Lipinski definition) is 1. The van der Waals surface area contributed by atoms with E-state index in [4.69, 9.17) is 0 Å². The van der Waals surface area contributed by atoms with Crippen LogP contribution in [0.25, 0.3) is 0 Å². The van der Waals surface area contributed by atoms with E-state index in [9.17, 15) is 5.11 Å². The number of unbranched alkanes of at least 4 members (excludes halogenated alkanes) is 4. The van der Waals surface area contributed by atoms with E-state index in [0.29, 0.717) is 5.75 Å². The van der Waals surface area contributed by atoms with Gasteiger partial charge in [-0.05, 0) is 42.9 Å². The maximum atomic E-state index is 9.92. The van der Waals surface area contributed by atoms with Gasteiger partial charge in [0.25, 0.3) is 0 Å². The second kappa shape index (κ2) is 8.16. The predicted octanol–water partition coefficient (Wildman–Crippen LogP) is 4.86. The quantitative estimate of drug-likeness (QED) is 0.637. The molecule has 0 aromatic heterocycles. The van der Waals surface area contributed by atoms with Crippen molar-refractivity contribution in [2.75, 3.05) is 0 Å². The molecule has 0 radical (unpaired) electrons. The molecular formula is C16H26O. The zero-order chi connectivity index (χ0) is 12.5. The third kappa shape index (κ3) is 4.80. The van der Waals surface area contributed by atoms with Crippen LogP contribution < -0.4 is 0 Å². The fourth-order valence-electron chi connectivity index (χ4n) is 2.24. The highest BCUT2D eigenvalue weighted by atomic mass is 16.3. The zero-order valence-electron chi connectivity index (χ0n) is 11.3. The molecule has 1 nitrogen and oxygen atoms in total. The van der Waals surface area contributed by atoms with Gasteiger partial charge < -0.3 is 5.11 Å². The maximum absolute atomic E-state index is 9.92. The summed E-state index contributed by atoms with van der Waals surface area (Å²) in [6.07, 6.45) is 9.64. The molecule has 1 rings (SSSR count). The molecule has 0 fully saturated rings. The van der Waals surface area contributed by atoms with Crippen LogP contribution in [-0.2, 0) is 12.8 Å². The van der Waals surface area contributed by atoms with Gasteiger partial charge in [-0.1, -0.05) is 51.7 Å². The van der Waals surface area contributed by atoms with Crippen molar-refractivity contribution in [1.82, 2.24) is 0 Å². The Hall–Kier alpha value is -0.980. The average molecular weight is 234 g/mol. The lowest BCUT2D eigenvalue weighted by Crippen LogP contribution is -1.95. The van der Waals surface area contributed by atoms with Crippen LogP contribution in [0.2, 0.25) is 0 Å². The van der Waals surface area contributed by atoms with Gasteiger partial charge in [-0.15, -0.1) is 0 Å². The standard InChI is InChI=1S/C16H26O/c1-3-5-7-8-10-14-11-9-13-16(17)15(14)12-6-4-2/h9,11,13,17H,3-8,10,12H2,1-2H3. The minimum Gasteiger partial charge on any atom is -0.508 e. The number of phenolic OH excluding ortho intramolecular Hbond substituents is 1. The Balaban J connectivity index is 2.59. The number of benzene rings is 1. The van der Waals surface area contributed by atoms with Gasteiger partial charge in [0.05, 0.1) is 0 Å². The van der Waals surface area contributed by atoms with Gasteiger partial charge in [-0.2, -0.15) is 0 Å². The van der Waals surface area contributed by atoms with Crippen LogP contribution in [0.15, 0.2) is 18.2 Å². The Morgan fingerprint density at radius 2 is 1.65 bits per heavy atom. The number of aryl methyl sites for hydroxylation is 1. The Labute approximate surface area is 106 Å². The van der Waals surface area contributed by atoms with Crippen molar-refractivity contribution in [3.8, 4) is 5.75 Å². The molecule has 0 aliphatic rings. The maximum Gasteiger partial charge on any atom is 0.119 e. The molecule has 0 atom stereocenters. The zero-order valence-corrected chi connectivity index (χ0v) is 11.3. The van der Waals surface area contributed by atoms with E-state index in [0.717, 1.165) is 12.8 Å². The summed E-state index contributed by atoms with van der Waals surface area (Å²) in [5.74, 6) is 0.492. The van der Waals surface area contributed by atoms with Crippen molar-refractivity contribution in [3.05, 3.63) is 29.3 Å². The van der Waals surface area contributed by atoms with E-state index in [1.807, 2.05) is 12.1 Å². The summed E-state index contributed by atoms with van der Waals surface area (Å²) < 4.78 is 0. The lowest BCUT2D eigenvalue weighted by Gasteiger charge is -2.11. The van der Waals surface area contributed by atoms with Crippen LogP contribution in [-0.4, -0.2) is 5.11 Å². The molecule has 1 aromatic rings. The Morgan fingerprint density at radius 1 is 0.882 bits per heavy atom. The molecule has 0 bridgehead atoms. The van der Waals surface area contributed by atoms with Crippen LogP contribution in [0.5, 0.6) is 5.75 Å². The molecule has 0 amide bonds. The van der Waals surface area contributed by atoms with E-state index < -0.39 is 0 Å². The third-order valence-corrected chi connectivity index (χ3v) is 3.33. The highest BCUT2D eigenvalue weighted by Gasteiger charge is 2.06. The van der Waals surface area contributed by atoms with Crippen molar-refractivity contribution in [2.24, 2.45) is 0 Å². The molecule has 1 heteroatoms. The van der Waals surface area contributed by atoms with Crippen molar-refractivity contribution >= 4 is 0 Å². The van der Waals surface area contributed by atoms with E-state index in [2.05, 4.69) is 19.9 Å². The van der Waals surface area contributed by atoms with Crippen LogP contribution in [0.1, 0.15) is 63.5 Å². The summed E-state index contributed by atoms with van der Waals surface area (Å²) in [5, 5.41) is 9.92. The molecule has 96 valence electrons. The molecule has 0 saturated carbocycles.